The number of isocyanates is 2. The van der Waals surface area contributed by atoms with E-state index >= 15 is 0 Å². The molecule has 1 atom stereocenters. The molecule has 0 aromatic rings. The summed E-state index contributed by atoms with van der Waals surface area (Å²) in [6.07, 6.45) is 4.17. The summed E-state index contributed by atoms with van der Waals surface area (Å²) in [5.41, 5.74) is 7.52. The van der Waals surface area contributed by atoms with Crippen molar-refractivity contribution in [3.05, 3.63) is 0 Å². The summed E-state index contributed by atoms with van der Waals surface area (Å²) in [6.45, 7) is 0.509. The minimum Gasteiger partial charge on any atom is -0.330 e. The Morgan fingerprint density at radius 2 is 2.07 bits per heavy atom. The lowest BCUT2D eigenvalue weighted by Crippen LogP contribution is -2.32. The molecule has 0 heterocycles. The fraction of sp³-hybridized carbons (Fsp3) is 0.625. The van der Waals surface area contributed by atoms with E-state index < -0.39 is 11.9 Å². The van der Waals surface area contributed by atoms with Crippen LogP contribution in [0.15, 0.2) is 10.1 Å². The van der Waals surface area contributed by atoms with Gasteiger partial charge in [0, 0.05) is 0 Å². The van der Waals surface area contributed by atoms with Gasteiger partial charge < -0.3 is 5.73 Å². The topological polar surface area (TPSA) is 114 Å². The monoisotopic (exact) mass is 212 g/mol. The molecular formula is C8H12N4O3. The van der Waals surface area contributed by atoms with Gasteiger partial charge in [0.05, 0.1) is 0 Å². The third kappa shape index (κ3) is 6.29. The van der Waals surface area contributed by atoms with Crippen LogP contribution in [0.5, 0.6) is 0 Å². The van der Waals surface area contributed by atoms with E-state index in [1.165, 1.54) is 6.08 Å². The molecule has 0 aromatic heterocycles. The second-order valence-electron chi connectivity index (χ2n) is 2.71. The van der Waals surface area contributed by atoms with Gasteiger partial charge in [0.25, 0.3) is 12.0 Å². The average Bonchev–Trinajstić information content (AvgIpc) is 2.23. The zero-order valence-electron chi connectivity index (χ0n) is 8.10. The van der Waals surface area contributed by atoms with Crippen LogP contribution in [0, 0.1) is 0 Å². The molecule has 0 aliphatic carbocycles. The van der Waals surface area contributed by atoms with Crippen LogP contribution in [0.25, 0.3) is 0 Å². The second-order valence-corrected chi connectivity index (χ2v) is 2.71. The van der Waals surface area contributed by atoms with Crippen molar-refractivity contribution < 1.29 is 14.4 Å². The number of aliphatic imine (C=N–C) groups is 1. The summed E-state index contributed by atoms with van der Waals surface area (Å²) in [5, 5.41) is 3.06. The first-order chi connectivity index (χ1) is 7.26. The zero-order chi connectivity index (χ0) is 11.5. The van der Waals surface area contributed by atoms with Gasteiger partial charge >= 0.3 is 0 Å². The van der Waals surface area contributed by atoms with E-state index in [0.29, 0.717) is 19.4 Å². The lowest BCUT2D eigenvalue weighted by Gasteiger charge is -2.09. The van der Waals surface area contributed by atoms with Gasteiger partial charge in [0.2, 0.25) is 6.08 Å². The molecular weight excluding hydrogens is 200 g/mol. The first kappa shape index (κ1) is 13.2. The molecule has 0 aliphatic rings. The number of rotatable bonds is 7. The fourth-order valence-electron chi connectivity index (χ4n) is 0.963. The highest BCUT2D eigenvalue weighted by Crippen LogP contribution is 2.02. The van der Waals surface area contributed by atoms with Crippen molar-refractivity contribution in [3.8, 4) is 0 Å². The molecule has 1 amide bonds. The molecule has 7 nitrogen and oxygen atoms in total. The van der Waals surface area contributed by atoms with E-state index in [1.807, 2.05) is 0 Å². The number of hydrazone groups is 1. The van der Waals surface area contributed by atoms with Crippen molar-refractivity contribution in [1.29, 1.82) is 0 Å². The molecule has 0 saturated carbocycles. The molecule has 82 valence electrons. The van der Waals surface area contributed by atoms with Crippen molar-refractivity contribution in [1.82, 2.24) is 5.43 Å². The standard InChI is InChI=1S/C8H12N4O3/c9-4-2-1-3-7(12-11-6-14)8(15)10-5-13/h7,12H,1-4,9H2. The molecule has 0 aromatic carbocycles. The summed E-state index contributed by atoms with van der Waals surface area (Å²) in [4.78, 5) is 33.7. The van der Waals surface area contributed by atoms with Gasteiger partial charge in [-0.25, -0.2) is 9.59 Å². The van der Waals surface area contributed by atoms with Crippen molar-refractivity contribution in [2.24, 2.45) is 15.8 Å². The van der Waals surface area contributed by atoms with Crippen LogP contribution in [0.3, 0.4) is 0 Å². The highest BCUT2D eigenvalue weighted by atomic mass is 16.2. The van der Waals surface area contributed by atoms with Crippen LogP contribution in [-0.4, -0.2) is 30.7 Å². The normalized spacial score (nSPS) is 10.7. The molecule has 3 N–H and O–H groups in total. The first-order valence-electron chi connectivity index (χ1n) is 4.40. The van der Waals surface area contributed by atoms with E-state index in [1.54, 1.807) is 0 Å². The quantitative estimate of drug-likeness (QED) is 0.248. The van der Waals surface area contributed by atoms with Gasteiger partial charge in [-0.15, -0.1) is 4.99 Å². The highest BCUT2D eigenvalue weighted by Gasteiger charge is 2.16. The number of amides is 1. The summed E-state index contributed by atoms with van der Waals surface area (Å²) in [6, 6.07) is -0.792. The van der Waals surface area contributed by atoms with Gasteiger partial charge in [0.15, 0.2) is 0 Å². The summed E-state index contributed by atoms with van der Waals surface area (Å²) < 4.78 is 0. The first-order valence-corrected chi connectivity index (χ1v) is 4.40. The number of unbranched alkanes of at least 4 members (excludes halogenated alkanes) is 1. The Labute approximate surface area is 86.4 Å². The fourth-order valence-corrected chi connectivity index (χ4v) is 0.963. The Balaban J connectivity index is 4.22. The van der Waals surface area contributed by atoms with E-state index in [-0.39, 0.29) is 0 Å². The number of carbonyl (C=O) groups is 1. The molecule has 0 aliphatic heterocycles. The van der Waals surface area contributed by atoms with Crippen molar-refractivity contribution in [3.63, 3.8) is 0 Å². The average molecular weight is 212 g/mol. The van der Waals surface area contributed by atoms with Crippen molar-refractivity contribution in [2.45, 2.75) is 25.3 Å². The molecule has 0 rings (SSSR count). The Bertz CT molecular complexity index is 292. The molecule has 0 spiro atoms. The smallest absolute Gasteiger partial charge is 0.280 e. The summed E-state index contributed by atoms with van der Waals surface area (Å²) in [5.74, 6) is -0.707. The number of nitrogens with one attached hydrogen (secondary N) is 1. The lowest BCUT2D eigenvalue weighted by atomic mass is 10.1. The Morgan fingerprint density at radius 3 is 2.60 bits per heavy atom. The largest absolute Gasteiger partial charge is 0.330 e. The van der Waals surface area contributed by atoms with Crippen LogP contribution < -0.4 is 11.2 Å². The van der Waals surface area contributed by atoms with Crippen LogP contribution in [0.1, 0.15) is 19.3 Å². The minimum absolute atomic E-state index is 0.395. The van der Waals surface area contributed by atoms with Gasteiger partial charge in [-0.2, -0.15) is 0 Å². The molecule has 0 fully saturated rings. The summed E-state index contributed by atoms with van der Waals surface area (Å²) in [7, 11) is 0. The maximum atomic E-state index is 11.1. The minimum atomic E-state index is -0.792. The number of carbonyl (C=O) groups excluding carboxylic acids is 3. The van der Waals surface area contributed by atoms with Crippen LogP contribution in [-0.2, 0) is 14.4 Å². The number of nitrogens with zero attached hydrogens (tertiary/aromatic N) is 2. The van der Waals surface area contributed by atoms with Gasteiger partial charge in [-0.1, -0.05) is 5.10 Å². The Hall–Kier alpha value is -1.81. The van der Waals surface area contributed by atoms with E-state index in [2.05, 4.69) is 15.5 Å². The maximum Gasteiger partial charge on any atom is 0.280 e. The molecule has 1 unspecified atom stereocenters. The third-order valence-electron chi connectivity index (χ3n) is 1.67. The van der Waals surface area contributed by atoms with E-state index in [0.717, 1.165) is 12.5 Å². The highest BCUT2D eigenvalue weighted by molar-refractivity contribution is 5.86. The van der Waals surface area contributed by atoms with Crippen molar-refractivity contribution in [2.75, 3.05) is 6.54 Å². The predicted octanol–water partition coefficient (Wildman–Crippen LogP) is -0.813. The molecule has 0 saturated heterocycles. The number of hydrogen-bond donors (Lipinski definition) is 2. The van der Waals surface area contributed by atoms with Crippen LogP contribution >= 0.6 is 0 Å². The SMILES string of the molecule is NCCCCC(NN=C=O)C(=O)N=C=O. The Morgan fingerprint density at radius 1 is 1.33 bits per heavy atom. The molecule has 7 heteroatoms. The number of hydrogen-bond acceptors (Lipinski definition) is 6. The Kier molecular flexibility index (Phi) is 7.71. The molecule has 0 radical (unpaired) electrons. The lowest BCUT2D eigenvalue weighted by molar-refractivity contribution is -0.119. The van der Waals surface area contributed by atoms with Crippen LogP contribution in [0.2, 0.25) is 0 Å². The molecule has 15 heavy (non-hydrogen) atoms. The van der Waals surface area contributed by atoms with Crippen molar-refractivity contribution >= 4 is 18.1 Å². The maximum absolute atomic E-state index is 11.1. The van der Waals surface area contributed by atoms with Gasteiger partial charge in [-0.05, 0) is 25.8 Å². The molecule has 0 bridgehead atoms. The van der Waals surface area contributed by atoms with E-state index in [4.69, 9.17) is 5.73 Å². The van der Waals surface area contributed by atoms with E-state index in [9.17, 15) is 14.4 Å². The predicted molar refractivity (Wildman–Crippen MR) is 51.1 cm³/mol. The number of nitrogens with two attached hydrogens (primary N) is 1. The van der Waals surface area contributed by atoms with Gasteiger partial charge in [0.1, 0.15) is 6.04 Å². The van der Waals surface area contributed by atoms with Crippen LogP contribution in [0.4, 0.5) is 0 Å². The second kappa shape index (κ2) is 8.77. The summed E-state index contributed by atoms with van der Waals surface area (Å²) >= 11 is 0. The third-order valence-corrected chi connectivity index (χ3v) is 1.67. The zero-order valence-corrected chi connectivity index (χ0v) is 8.10. The van der Waals surface area contributed by atoms with Gasteiger partial charge in [-0.3, -0.25) is 10.2 Å².